The zero-order chi connectivity index (χ0) is 22.6. The molecule has 6 nitrogen and oxygen atoms in total. The monoisotopic (exact) mass is 441 g/mol. The average molecular weight is 442 g/mol. The number of carbonyl (C=O) groups is 1. The molecule has 1 fully saturated rings. The zero-order valence-corrected chi connectivity index (χ0v) is 19.2. The highest BCUT2D eigenvalue weighted by Gasteiger charge is 2.47. The van der Waals surface area contributed by atoms with Crippen LogP contribution in [0.5, 0.6) is 5.75 Å². The molecule has 31 heavy (non-hydrogen) atoms. The summed E-state index contributed by atoms with van der Waals surface area (Å²) in [6.45, 7) is 7.43. The van der Waals surface area contributed by atoms with Crippen molar-refractivity contribution >= 4 is 26.9 Å². The molecule has 2 aromatic carbocycles. The maximum Gasteiger partial charge on any atom is 0.310 e. The van der Waals surface area contributed by atoms with Gasteiger partial charge in [0.05, 0.1) is 23.4 Å². The fraction of sp³-hybridized carbons (Fsp3) is 0.375. The lowest BCUT2D eigenvalue weighted by Gasteiger charge is -2.19. The van der Waals surface area contributed by atoms with E-state index in [4.69, 9.17) is 9.47 Å². The molecule has 1 aliphatic rings. The number of benzene rings is 2. The highest BCUT2D eigenvalue weighted by atomic mass is 32.2. The van der Waals surface area contributed by atoms with Crippen molar-refractivity contribution in [3.63, 3.8) is 0 Å². The van der Waals surface area contributed by atoms with Crippen LogP contribution < -0.4 is 4.74 Å². The highest BCUT2D eigenvalue weighted by Crippen LogP contribution is 2.51. The molecule has 0 N–H and O–H groups in total. The summed E-state index contributed by atoms with van der Waals surface area (Å²) >= 11 is 0. The summed E-state index contributed by atoms with van der Waals surface area (Å²) in [5.41, 5.74) is 1.81. The third kappa shape index (κ3) is 4.06. The molecule has 0 saturated heterocycles. The summed E-state index contributed by atoms with van der Waals surface area (Å²) in [5.74, 6) is 0.0295. The fourth-order valence-electron chi connectivity index (χ4n) is 3.83. The number of aromatic nitrogens is 1. The Morgan fingerprint density at radius 1 is 1.10 bits per heavy atom. The van der Waals surface area contributed by atoms with E-state index in [1.807, 2.05) is 33.8 Å². The number of fused-ring (bicyclic) bond motifs is 1. The van der Waals surface area contributed by atoms with Crippen molar-refractivity contribution in [2.75, 3.05) is 7.11 Å². The molecule has 1 aromatic heterocycles. The number of esters is 1. The van der Waals surface area contributed by atoms with E-state index in [2.05, 4.69) is 0 Å². The second-order valence-electron chi connectivity index (χ2n) is 9.06. The Bertz CT molecular complexity index is 1250. The van der Waals surface area contributed by atoms with Crippen molar-refractivity contribution in [1.29, 1.82) is 0 Å². The molecule has 0 aliphatic heterocycles. The first-order chi connectivity index (χ1) is 14.5. The number of hydrogen-bond donors (Lipinski definition) is 0. The van der Waals surface area contributed by atoms with Gasteiger partial charge >= 0.3 is 5.97 Å². The van der Waals surface area contributed by atoms with Gasteiger partial charge in [0.1, 0.15) is 11.4 Å². The average Bonchev–Trinajstić information content (AvgIpc) is 3.40. The summed E-state index contributed by atoms with van der Waals surface area (Å²) < 4.78 is 39.0. The SMILES string of the molecule is COc1ccc2c(c1)c([C@H]1C[C@@H]1C(=O)OC(C)(C)C)cn2S(=O)(=O)c1ccc(C)cc1. The van der Waals surface area contributed by atoms with Gasteiger partial charge in [0.25, 0.3) is 10.0 Å². The molecule has 0 bridgehead atoms. The molecule has 7 heteroatoms. The Kier molecular flexibility index (Phi) is 5.12. The Morgan fingerprint density at radius 2 is 1.77 bits per heavy atom. The molecule has 4 rings (SSSR count). The van der Waals surface area contributed by atoms with Gasteiger partial charge < -0.3 is 9.47 Å². The van der Waals surface area contributed by atoms with Crippen molar-refractivity contribution < 1.29 is 22.7 Å². The van der Waals surface area contributed by atoms with Gasteiger partial charge in [-0.25, -0.2) is 12.4 Å². The summed E-state index contributed by atoms with van der Waals surface area (Å²) in [7, 11) is -2.22. The minimum Gasteiger partial charge on any atom is -0.497 e. The van der Waals surface area contributed by atoms with Crippen molar-refractivity contribution in [1.82, 2.24) is 3.97 Å². The Balaban J connectivity index is 1.79. The van der Waals surface area contributed by atoms with E-state index in [0.29, 0.717) is 17.7 Å². The predicted molar refractivity (Wildman–Crippen MR) is 119 cm³/mol. The van der Waals surface area contributed by atoms with E-state index in [-0.39, 0.29) is 22.7 Å². The van der Waals surface area contributed by atoms with Crippen LogP contribution >= 0.6 is 0 Å². The maximum atomic E-state index is 13.4. The molecule has 1 heterocycles. The molecule has 0 radical (unpaired) electrons. The first-order valence-electron chi connectivity index (χ1n) is 10.3. The molecule has 0 amide bonds. The standard InChI is InChI=1S/C24H27NO5S/c1-15-6-9-17(10-7-15)31(27,28)25-14-21(19-12-16(29-5)8-11-22(19)25)18-13-20(18)23(26)30-24(2,3)4/h6-12,14,18,20H,13H2,1-5H3/t18-,20-/m0/s1. The first kappa shape index (κ1) is 21.4. The van der Waals surface area contributed by atoms with Gasteiger partial charge in [-0.1, -0.05) is 17.7 Å². The van der Waals surface area contributed by atoms with Gasteiger partial charge in [0, 0.05) is 17.5 Å². The molecule has 2 atom stereocenters. The second-order valence-corrected chi connectivity index (χ2v) is 10.9. The minimum absolute atomic E-state index is 0.0843. The lowest BCUT2D eigenvalue weighted by molar-refractivity contribution is -0.156. The van der Waals surface area contributed by atoms with Gasteiger partial charge in [-0.05, 0) is 70.0 Å². The van der Waals surface area contributed by atoms with Crippen molar-refractivity contribution in [3.8, 4) is 5.75 Å². The molecule has 3 aromatic rings. The van der Waals surface area contributed by atoms with Crippen LogP contribution in [0.3, 0.4) is 0 Å². The third-order valence-electron chi connectivity index (χ3n) is 5.49. The molecule has 0 spiro atoms. The van der Waals surface area contributed by atoms with Crippen LogP contribution in [0.15, 0.2) is 53.6 Å². The summed E-state index contributed by atoms with van der Waals surface area (Å²) in [6.07, 6.45) is 2.28. The largest absolute Gasteiger partial charge is 0.497 e. The lowest BCUT2D eigenvalue weighted by atomic mass is 10.1. The second kappa shape index (κ2) is 7.41. The number of ether oxygens (including phenoxy) is 2. The van der Waals surface area contributed by atoms with Gasteiger partial charge in [-0.2, -0.15) is 0 Å². The van der Waals surface area contributed by atoms with Crippen molar-refractivity contribution in [2.24, 2.45) is 5.92 Å². The van der Waals surface area contributed by atoms with Crippen LogP contribution in [0.1, 0.15) is 44.2 Å². The van der Waals surface area contributed by atoms with Crippen LogP contribution in [0, 0.1) is 12.8 Å². The predicted octanol–water partition coefficient (Wildman–Crippen LogP) is 4.64. The maximum absolute atomic E-state index is 13.4. The fourth-order valence-corrected chi connectivity index (χ4v) is 5.20. The molecule has 164 valence electrons. The van der Waals surface area contributed by atoms with E-state index in [0.717, 1.165) is 16.5 Å². The molecular formula is C24H27NO5S. The number of carbonyl (C=O) groups excluding carboxylic acids is 1. The zero-order valence-electron chi connectivity index (χ0n) is 18.4. The van der Waals surface area contributed by atoms with Crippen LogP contribution in [0.25, 0.3) is 10.9 Å². The molecule has 1 aliphatic carbocycles. The van der Waals surface area contributed by atoms with Crippen molar-refractivity contribution in [2.45, 2.75) is 50.5 Å². The quantitative estimate of drug-likeness (QED) is 0.539. The topological polar surface area (TPSA) is 74.6 Å². The van der Waals surface area contributed by atoms with Crippen LogP contribution in [0.4, 0.5) is 0 Å². The van der Waals surface area contributed by atoms with E-state index in [1.54, 1.807) is 49.7 Å². The lowest BCUT2D eigenvalue weighted by Crippen LogP contribution is -2.25. The van der Waals surface area contributed by atoms with Crippen LogP contribution in [-0.4, -0.2) is 31.1 Å². The van der Waals surface area contributed by atoms with E-state index in [1.165, 1.54) is 3.97 Å². The Morgan fingerprint density at radius 3 is 2.39 bits per heavy atom. The van der Waals surface area contributed by atoms with Gasteiger partial charge in [0.2, 0.25) is 0 Å². The number of rotatable bonds is 5. The summed E-state index contributed by atoms with van der Waals surface area (Å²) in [6, 6.07) is 12.1. The van der Waals surface area contributed by atoms with E-state index in [9.17, 15) is 13.2 Å². The Hall–Kier alpha value is -2.80. The number of aryl methyl sites for hydroxylation is 1. The summed E-state index contributed by atoms with van der Waals surface area (Å²) in [5, 5.41) is 0.770. The van der Waals surface area contributed by atoms with E-state index < -0.39 is 15.6 Å². The normalized spacial score (nSPS) is 18.7. The Labute approximate surface area is 182 Å². The first-order valence-corrected chi connectivity index (χ1v) is 11.7. The van der Waals surface area contributed by atoms with Gasteiger partial charge in [-0.15, -0.1) is 0 Å². The van der Waals surface area contributed by atoms with E-state index >= 15 is 0 Å². The number of methoxy groups -OCH3 is 1. The smallest absolute Gasteiger partial charge is 0.310 e. The number of hydrogen-bond acceptors (Lipinski definition) is 5. The molecular weight excluding hydrogens is 414 g/mol. The molecule has 1 saturated carbocycles. The van der Waals surface area contributed by atoms with Gasteiger partial charge in [0.15, 0.2) is 0 Å². The van der Waals surface area contributed by atoms with Crippen LogP contribution in [0.2, 0.25) is 0 Å². The summed E-state index contributed by atoms with van der Waals surface area (Å²) in [4.78, 5) is 12.8. The highest BCUT2D eigenvalue weighted by molar-refractivity contribution is 7.90. The van der Waals surface area contributed by atoms with Crippen LogP contribution in [-0.2, 0) is 19.6 Å². The van der Waals surface area contributed by atoms with Gasteiger partial charge in [-0.3, -0.25) is 4.79 Å². The minimum atomic E-state index is -3.79. The third-order valence-corrected chi connectivity index (χ3v) is 7.17. The number of nitrogens with zero attached hydrogens (tertiary/aromatic N) is 1. The molecule has 0 unspecified atom stereocenters. The van der Waals surface area contributed by atoms with Crippen molar-refractivity contribution in [3.05, 3.63) is 59.8 Å².